The van der Waals surface area contributed by atoms with Gasteiger partial charge in [-0.15, -0.1) is 0 Å². The molecule has 2 aromatic heterocycles. The van der Waals surface area contributed by atoms with E-state index in [9.17, 15) is 4.79 Å². The van der Waals surface area contributed by atoms with Gasteiger partial charge in [-0.1, -0.05) is 43.3 Å². The molecular formula is C23H27N5O. The Morgan fingerprint density at radius 1 is 1.21 bits per heavy atom. The van der Waals surface area contributed by atoms with Crippen molar-refractivity contribution in [2.24, 2.45) is 0 Å². The van der Waals surface area contributed by atoms with Gasteiger partial charge in [-0.25, -0.2) is 0 Å². The van der Waals surface area contributed by atoms with E-state index in [0.29, 0.717) is 24.8 Å². The van der Waals surface area contributed by atoms with Gasteiger partial charge in [-0.05, 0) is 43.6 Å². The summed E-state index contributed by atoms with van der Waals surface area (Å²) in [7, 11) is 0. The number of likely N-dealkylation sites (tertiary alicyclic amines) is 1. The molecule has 6 heteroatoms. The summed E-state index contributed by atoms with van der Waals surface area (Å²) in [6.07, 6.45) is 5.81. The van der Waals surface area contributed by atoms with Crippen molar-refractivity contribution >= 4 is 5.91 Å². The smallest absolute Gasteiger partial charge is 0.272 e. The van der Waals surface area contributed by atoms with Crippen LogP contribution in [0.15, 0.2) is 60.9 Å². The van der Waals surface area contributed by atoms with Gasteiger partial charge in [0.15, 0.2) is 0 Å². The third kappa shape index (κ3) is 4.38. The second kappa shape index (κ2) is 9.01. The third-order valence-electron chi connectivity index (χ3n) is 5.65. The molecule has 1 fully saturated rings. The Balaban J connectivity index is 1.61. The van der Waals surface area contributed by atoms with E-state index in [2.05, 4.69) is 39.1 Å². The summed E-state index contributed by atoms with van der Waals surface area (Å²) < 4.78 is 0. The minimum atomic E-state index is -0.0336. The van der Waals surface area contributed by atoms with Crippen LogP contribution in [0.3, 0.4) is 0 Å². The largest absolute Gasteiger partial charge is 0.331 e. The fourth-order valence-electron chi connectivity index (χ4n) is 4.13. The highest BCUT2D eigenvalue weighted by atomic mass is 16.2. The SMILES string of the molecule is CCN1CCC[C@@H]1CN(Cc1cn[nH]c1-c1ccccc1)C(=O)c1ccccn1. The summed E-state index contributed by atoms with van der Waals surface area (Å²) in [6.45, 7) is 5.50. The van der Waals surface area contributed by atoms with Crippen LogP contribution in [-0.2, 0) is 6.54 Å². The Kier molecular flexibility index (Phi) is 6.00. The molecular weight excluding hydrogens is 362 g/mol. The average molecular weight is 390 g/mol. The van der Waals surface area contributed by atoms with E-state index in [0.717, 1.165) is 36.3 Å². The number of benzene rings is 1. The summed E-state index contributed by atoms with van der Waals surface area (Å²) in [5.74, 6) is -0.0336. The van der Waals surface area contributed by atoms with Crippen molar-refractivity contribution in [3.63, 3.8) is 0 Å². The van der Waals surface area contributed by atoms with E-state index < -0.39 is 0 Å². The number of aromatic amines is 1. The van der Waals surface area contributed by atoms with E-state index in [1.165, 1.54) is 6.42 Å². The topological polar surface area (TPSA) is 65.1 Å². The number of pyridine rings is 1. The van der Waals surface area contributed by atoms with Crippen LogP contribution in [0.2, 0.25) is 0 Å². The van der Waals surface area contributed by atoms with Gasteiger partial charge in [-0.2, -0.15) is 5.10 Å². The van der Waals surface area contributed by atoms with Crippen LogP contribution in [0.4, 0.5) is 0 Å². The lowest BCUT2D eigenvalue weighted by Crippen LogP contribution is -2.43. The van der Waals surface area contributed by atoms with Crippen molar-refractivity contribution in [1.29, 1.82) is 0 Å². The Labute approximate surface area is 171 Å². The lowest BCUT2D eigenvalue weighted by Gasteiger charge is -2.30. The number of hydrogen-bond acceptors (Lipinski definition) is 4. The first-order valence-corrected chi connectivity index (χ1v) is 10.3. The van der Waals surface area contributed by atoms with Crippen LogP contribution < -0.4 is 0 Å². The first kappa shape index (κ1) is 19.3. The zero-order valence-corrected chi connectivity index (χ0v) is 16.8. The zero-order chi connectivity index (χ0) is 20.1. The number of carbonyl (C=O) groups excluding carboxylic acids is 1. The number of rotatable bonds is 7. The molecule has 0 saturated carbocycles. The second-order valence-electron chi connectivity index (χ2n) is 7.46. The fraction of sp³-hybridized carbons (Fsp3) is 0.348. The van der Waals surface area contributed by atoms with Crippen LogP contribution in [0.5, 0.6) is 0 Å². The number of amides is 1. The van der Waals surface area contributed by atoms with Gasteiger partial charge >= 0.3 is 0 Å². The van der Waals surface area contributed by atoms with Gasteiger partial charge < -0.3 is 4.90 Å². The van der Waals surface area contributed by atoms with Crippen LogP contribution in [0.1, 0.15) is 35.8 Å². The number of carbonyl (C=O) groups is 1. The standard InChI is InChI=1S/C23H27N5O/c1-2-27-14-8-11-20(27)17-28(23(29)21-12-6-7-13-24-21)16-19-15-25-26-22(19)18-9-4-3-5-10-18/h3-7,9-10,12-13,15,20H,2,8,11,14,16-17H2,1H3,(H,25,26)/t20-/m1/s1. The molecule has 1 aliphatic heterocycles. The van der Waals surface area contributed by atoms with Gasteiger partial charge in [0, 0.05) is 30.9 Å². The third-order valence-corrected chi connectivity index (χ3v) is 5.65. The number of nitrogens with zero attached hydrogens (tertiary/aromatic N) is 4. The summed E-state index contributed by atoms with van der Waals surface area (Å²) in [5.41, 5.74) is 3.53. The molecule has 1 amide bonds. The molecule has 0 unspecified atom stereocenters. The summed E-state index contributed by atoms with van der Waals surface area (Å²) in [5, 5.41) is 7.36. The number of aromatic nitrogens is 3. The van der Waals surface area contributed by atoms with Crippen LogP contribution >= 0.6 is 0 Å². The van der Waals surface area contributed by atoms with E-state index in [1.54, 1.807) is 12.3 Å². The molecule has 1 N–H and O–H groups in total. The maximum atomic E-state index is 13.3. The molecule has 29 heavy (non-hydrogen) atoms. The zero-order valence-electron chi connectivity index (χ0n) is 16.8. The molecule has 150 valence electrons. The molecule has 1 atom stereocenters. The Morgan fingerprint density at radius 2 is 2.03 bits per heavy atom. The van der Waals surface area contributed by atoms with Crippen molar-refractivity contribution in [1.82, 2.24) is 25.0 Å². The molecule has 0 bridgehead atoms. The van der Waals surface area contributed by atoms with Crippen molar-refractivity contribution in [3.8, 4) is 11.3 Å². The van der Waals surface area contributed by atoms with E-state index in [1.807, 2.05) is 41.4 Å². The highest BCUT2D eigenvalue weighted by Gasteiger charge is 2.28. The summed E-state index contributed by atoms with van der Waals surface area (Å²) in [4.78, 5) is 22.0. The molecule has 1 saturated heterocycles. The lowest BCUT2D eigenvalue weighted by atomic mass is 10.1. The van der Waals surface area contributed by atoms with Crippen LogP contribution in [-0.4, -0.2) is 56.6 Å². The number of hydrogen-bond donors (Lipinski definition) is 1. The molecule has 1 aliphatic rings. The highest BCUT2D eigenvalue weighted by molar-refractivity contribution is 5.92. The Morgan fingerprint density at radius 3 is 2.79 bits per heavy atom. The highest BCUT2D eigenvalue weighted by Crippen LogP contribution is 2.24. The second-order valence-corrected chi connectivity index (χ2v) is 7.46. The number of likely N-dealkylation sites (N-methyl/N-ethyl adjacent to an activating group) is 1. The van der Waals surface area contributed by atoms with Gasteiger partial charge in [-0.3, -0.25) is 19.8 Å². The Hall–Kier alpha value is -2.99. The van der Waals surface area contributed by atoms with Gasteiger partial charge in [0.1, 0.15) is 5.69 Å². The van der Waals surface area contributed by atoms with Crippen molar-refractivity contribution in [2.75, 3.05) is 19.6 Å². The minimum absolute atomic E-state index is 0.0336. The maximum Gasteiger partial charge on any atom is 0.272 e. The average Bonchev–Trinajstić information content (AvgIpc) is 3.43. The lowest BCUT2D eigenvalue weighted by molar-refractivity contribution is 0.0686. The predicted molar refractivity (Wildman–Crippen MR) is 113 cm³/mol. The molecule has 4 rings (SSSR count). The first-order valence-electron chi connectivity index (χ1n) is 10.3. The Bertz CT molecular complexity index is 925. The van der Waals surface area contributed by atoms with Crippen molar-refractivity contribution in [2.45, 2.75) is 32.4 Å². The first-order chi connectivity index (χ1) is 14.3. The van der Waals surface area contributed by atoms with Crippen LogP contribution in [0, 0.1) is 0 Å². The van der Waals surface area contributed by atoms with Crippen molar-refractivity contribution in [3.05, 3.63) is 72.2 Å². The van der Waals surface area contributed by atoms with Crippen molar-refractivity contribution < 1.29 is 4.79 Å². The normalized spacial score (nSPS) is 16.8. The number of H-pyrrole nitrogens is 1. The molecule has 0 spiro atoms. The molecule has 6 nitrogen and oxygen atoms in total. The fourth-order valence-corrected chi connectivity index (χ4v) is 4.13. The minimum Gasteiger partial charge on any atom is -0.331 e. The quantitative estimate of drug-likeness (QED) is 0.671. The van der Waals surface area contributed by atoms with E-state index in [-0.39, 0.29) is 5.91 Å². The maximum absolute atomic E-state index is 13.3. The van der Waals surface area contributed by atoms with Gasteiger partial charge in [0.05, 0.1) is 11.9 Å². The monoisotopic (exact) mass is 389 g/mol. The molecule has 0 radical (unpaired) electrons. The van der Waals surface area contributed by atoms with Gasteiger partial charge in [0.25, 0.3) is 5.91 Å². The molecule has 0 aliphatic carbocycles. The molecule has 1 aromatic carbocycles. The number of nitrogens with one attached hydrogen (secondary N) is 1. The molecule has 3 aromatic rings. The van der Waals surface area contributed by atoms with Gasteiger partial charge in [0.2, 0.25) is 0 Å². The predicted octanol–water partition coefficient (Wildman–Crippen LogP) is 3.60. The summed E-state index contributed by atoms with van der Waals surface area (Å²) >= 11 is 0. The van der Waals surface area contributed by atoms with E-state index >= 15 is 0 Å². The van der Waals surface area contributed by atoms with Crippen LogP contribution in [0.25, 0.3) is 11.3 Å². The summed E-state index contributed by atoms with van der Waals surface area (Å²) in [6, 6.07) is 16.0. The molecule has 3 heterocycles. The van der Waals surface area contributed by atoms with E-state index in [4.69, 9.17) is 0 Å².